The van der Waals surface area contributed by atoms with Crippen LogP contribution in [0.4, 0.5) is 0 Å². The van der Waals surface area contributed by atoms with Crippen LogP contribution in [0.2, 0.25) is 0 Å². The number of hydrogen-bond acceptors (Lipinski definition) is 6. The molecular weight excluding hydrogens is 440 g/mol. The lowest BCUT2D eigenvalue weighted by Gasteiger charge is -2.26. The molecule has 1 saturated carbocycles. The Bertz CT molecular complexity index is 1330. The number of amides is 1. The molecule has 8 nitrogen and oxygen atoms in total. The van der Waals surface area contributed by atoms with Crippen molar-refractivity contribution >= 4 is 16.9 Å². The summed E-state index contributed by atoms with van der Waals surface area (Å²) in [6.07, 6.45) is 6.55. The highest BCUT2D eigenvalue weighted by atomic mass is 16.3. The zero-order valence-corrected chi connectivity index (χ0v) is 20.2. The molecule has 1 aliphatic carbocycles. The molecule has 6 rings (SSSR count). The minimum Gasteiger partial charge on any atom is -0.454 e. The monoisotopic (exact) mass is 470 g/mol. The van der Waals surface area contributed by atoms with Gasteiger partial charge < -0.3 is 9.32 Å². The molecule has 2 fully saturated rings. The normalized spacial score (nSPS) is 18.1. The molecule has 180 valence electrons. The number of fused-ring (bicyclic) bond motifs is 1. The fourth-order valence-corrected chi connectivity index (χ4v) is 5.26. The summed E-state index contributed by atoms with van der Waals surface area (Å²) in [5.41, 5.74) is 3.13. The van der Waals surface area contributed by atoms with Gasteiger partial charge in [-0.15, -0.1) is 0 Å². The van der Waals surface area contributed by atoms with Crippen LogP contribution in [-0.4, -0.2) is 67.7 Å². The minimum absolute atomic E-state index is 0.0706. The second kappa shape index (κ2) is 8.92. The Kier molecular flexibility index (Phi) is 5.60. The molecule has 0 N–H and O–H groups in total. The first-order valence-corrected chi connectivity index (χ1v) is 12.6. The SMILES string of the molecule is CCN(CC)[C@H]1CCN(C(=O)c2cnn(-c3nccc(-c4cc5ccccc5o4)n3)c2C2CC2)C1. The zero-order valence-electron chi connectivity index (χ0n) is 20.2. The Hall–Kier alpha value is -3.52. The van der Waals surface area contributed by atoms with Crippen LogP contribution in [-0.2, 0) is 0 Å². The first kappa shape index (κ1) is 22.0. The lowest BCUT2D eigenvalue weighted by atomic mass is 10.1. The third-order valence-electron chi connectivity index (χ3n) is 7.29. The average Bonchev–Trinajstić information content (AvgIpc) is 3.28. The molecule has 0 spiro atoms. The average molecular weight is 471 g/mol. The maximum Gasteiger partial charge on any atom is 0.257 e. The van der Waals surface area contributed by atoms with E-state index in [9.17, 15) is 4.79 Å². The van der Waals surface area contributed by atoms with Gasteiger partial charge in [-0.1, -0.05) is 32.0 Å². The first-order valence-electron chi connectivity index (χ1n) is 12.6. The van der Waals surface area contributed by atoms with Gasteiger partial charge >= 0.3 is 0 Å². The van der Waals surface area contributed by atoms with E-state index in [4.69, 9.17) is 9.40 Å². The summed E-state index contributed by atoms with van der Waals surface area (Å²) in [5, 5.41) is 5.64. The van der Waals surface area contributed by atoms with Gasteiger partial charge in [0.15, 0.2) is 5.76 Å². The van der Waals surface area contributed by atoms with Gasteiger partial charge in [0.05, 0.1) is 17.5 Å². The van der Waals surface area contributed by atoms with Crippen LogP contribution in [0.5, 0.6) is 0 Å². The molecule has 4 aromatic rings. The van der Waals surface area contributed by atoms with Crippen molar-refractivity contribution in [2.24, 2.45) is 0 Å². The van der Waals surface area contributed by atoms with Crippen LogP contribution in [0.1, 0.15) is 55.1 Å². The van der Waals surface area contributed by atoms with Crippen molar-refractivity contribution in [3.63, 3.8) is 0 Å². The lowest BCUT2D eigenvalue weighted by Crippen LogP contribution is -2.38. The smallest absolute Gasteiger partial charge is 0.257 e. The Labute approximate surface area is 204 Å². The van der Waals surface area contributed by atoms with Crippen molar-refractivity contribution in [3.05, 3.63) is 60.0 Å². The standard InChI is InChI=1S/C27H30N6O2/c1-3-31(4-2)20-12-14-32(17-20)26(34)21-16-29-33(25(21)18-9-10-18)27-28-13-11-22(30-27)24-15-19-7-5-6-8-23(19)35-24/h5-8,11,13,15-16,18,20H,3-4,9-10,12,14,17H2,1-2H3/t20-/m0/s1. The predicted octanol–water partition coefficient (Wildman–Crippen LogP) is 4.51. The van der Waals surface area contributed by atoms with E-state index in [2.05, 4.69) is 28.8 Å². The van der Waals surface area contributed by atoms with Crippen LogP contribution >= 0.6 is 0 Å². The van der Waals surface area contributed by atoms with Crippen LogP contribution in [0.25, 0.3) is 28.4 Å². The first-order chi connectivity index (χ1) is 17.2. The highest BCUT2D eigenvalue weighted by Gasteiger charge is 2.37. The maximum absolute atomic E-state index is 13.6. The Morgan fingerprint density at radius 3 is 2.74 bits per heavy atom. The fraction of sp³-hybridized carbons (Fsp3) is 0.407. The number of likely N-dealkylation sites (N-methyl/N-ethyl adjacent to an activating group) is 1. The number of likely N-dealkylation sites (tertiary alicyclic amines) is 1. The van der Waals surface area contributed by atoms with Gasteiger partial charge in [-0.3, -0.25) is 9.69 Å². The quantitative estimate of drug-likeness (QED) is 0.395. The molecule has 35 heavy (non-hydrogen) atoms. The zero-order chi connectivity index (χ0) is 23.9. The summed E-state index contributed by atoms with van der Waals surface area (Å²) >= 11 is 0. The maximum atomic E-state index is 13.6. The molecule has 1 atom stereocenters. The van der Waals surface area contributed by atoms with Gasteiger partial charge in [0.25, 0.3) is 11.9 Å². The van der Waals surface area contributed by atoms with Crippen molar-refractivity contribution in [3.8, 4) is 17.4 Å². The molecule has 3 aromatic heterocycles. The van der Waals surface area contributed by atoms with Crippen molar-refractivity contribution in [1.29, 1.82) is 0 Å². The van der Waals surface area contributed by atoms with E-state index in [1.165, 1.54) is 0 Å². The molecule has 0 unspecified atom stereocenters. The summed E-state index contributed by atoms with van der Waals surface area (Å²) < 4.78 is 7.77. The Balaban J connectivity index is 1.31. The number of nitrogens with zero attached hydrogens (tertiary/aromatic N) is 6. The van der Waals surface area contributed by atoms with E-state index in [1.54, 1.807) is 17.1 Å². The number of aromatic nitrogens is 4. The fourth-order valence-electron chi connectivity index (χ4n) is 5.26. The summed E-state index contributed by atoms with van der Waals surface area (Å²) in [6, 6.07) is 12.2. The second-order valence-electron chi connectivity index (χ2n) is 9.43. The Morgan fingerprint density at radius 1 is 1.14 bits per heavy atom. The largest absolute Gasteiger partial charge is 0.454 e. The topological polar surface area (TPSA) is 80.3 Å². The van der Waals surface area contributed by atoms with Gasteiger partial charge in [0, 0.05) is 36.6 Å². The summed E-state index contributed by atoms with van der Waals surface area (Å²) in [5.74, 6) is 1.54. The lowest BCUT2D eigenvalue weighted by molar-refractivity contribution is 0.0776. The molecule has 0 bridgehead atoms. The van der Waals surface area contributed by atoms with E-state index in [-0.39, 0.29) is 5.91 Å². The number of furan rings is 1. The van der Waals surface area contributed by atoms with E-state index >= 15 is 0 Å². The molecule has 1 amide bonds. The van der Waals surface area contributed by atoms with Crippen molar-refractivity contribution in [2.45, 2.75) is 45.1 Å². The second-order valence-corrected chi connectivity index (χ2v) is 9.43. The van der Waals surface area contributed by atoms with Gasteiger partial charge in [-0.05, 0) is 50.6 Å². The summed E-state index contributed by atoms with van der Waals surface area (Å²) in [7, 11) is 0. The molecule has 1 aromatic carbocycles. The van der Waals surface area contributed by atoms with E-state index in [1.807, 2.05) is 41.3 Å². The van der Waals surface area contributed by atoms with Crippen LogP contribution < -0.4 is 0 Å². The Morgan fingerprint density at radius 2 is 1.97 bits per heavy atom. The van der Waals surface area contributed by atoms with Crippen molar-refractivity contribution < 1.29 is 9.21 Å². The molecular formula is C27H30N6O2. The highest BCUT2D eigenvalue weighted by molar-refractivity contribution is 5.95. The number of para-hydroxylation sites is 1. The molecule has 1 saturated heterocycles. The third-order valence-corrected chi connectivity index (χ3v) is 7.29. The molecule has 8 heteroatoms. The van der Waals surface area contributed by atoms with Crippen LogP contribution in [0.15, 0.2) is 53.2 Å². The molecule has 2 aliphatic rings. The number of carbonyl (C=O) groups excluding carboxylic acids is 1. The highest BCUT2D eigenvalue weighted by Crippen LogP contribution is 2.42. The number of carbonyl (C=O) groups is 1. The van der Waals surface area contributed by atoms with Crippen LogP contribution in [0, 0.1) is 0 Å². The van der Waals surface area contributed by atoms with Gasteiger partial charge in [-0.25, -0.2) is 14.6 Å². The predicted molar refractivity (Wildman–Crippen MR) is 134 cm³/mol. The van der Waals surface area contributed by atoms with Crippen molar-refractivity contribution in [1.82, 2.24) is 29.5 Å². The summed E-state index contributed by atoms with van der Waals surface area (Å²) in [4.78, 5) is 27.3. The number of hydrogen-bond donors (Lipinski definition) is 0. The third kappa shape index (κ3) is 4.01. The molecule has 1 aliphatic heterocycles. The minimum atomic E-state index is 0.0706. The number of rotatable bonds is 7. The van der Waals surface area contributed by atoms with Crippen LogP contribution in [0.3, 0.4) is 0 Å². The van der Waals surface area contributed by atoms with Crippen molar-refractivity contribution in [2.75, 3.05) is 26.2 Å². The van der Waals surface area contributed by atoms with Gasteiger partial charge in [0.2, 0.25) is 0 Å². The number of benzene rings is 1. The van der Waals surface area contributed by atoms with E-state index in [0.717, 1.165) is 62.1 Å². The van der Waals surface area contributed by atoms with E-state index in [0.29, 0.717) is 34.9 Å². The van der Waals surface area contributed by atoms with Gasteiger partial charge in [0.1, 0.15) is 11.3 Å². The summed E-state index contributed by atoms with van der Waals surface area (Å²) in [6.45, 7) is 7.94. The van der Waals surface area contributed by atoms with Gasteiger partial charge in [-0.2, -0.15) is 5.10 Å². The molecule has 0 radical (unpaired) electrons. The van der Waals surface area contributed by atoms with E-state index < -0.39 is 0 Å². The molecule has 4 heterocycles.